The summed E-state index contributed by atoms with van der Waals surface area (Å²) in [5.74, 6) is 0. The van der Waals surface area contributed by atoms with Gasteiger partial charge in [0.25, 0.3) is 0 Å². The second-order valence-electron chi connectivity index (χ2n) is 3.05. The third-order valence-corrected chi connectivity index (χ3v) is 3.69. The normalized spacial score (nSPS) is 10.7. The predicted molar refractivity (Wildman–Crippen MR) is 58.6 cm³/mol. The summed E-state index contributed by atoms with van der Waals surface area (Å²) >= 11 is 0. The van der Waals surface area contributed by atoms with Gasteiger partial charge in [-0.2, -0.15) is 0 Å². The van der Waals surface area contributed by atoms with Crippen LogP contribution >= 0.6 is 21.6 Å². The van der Waals surface area contributed by atoms with E-state index in [1.165, 1.54) is 0 Å². The van der Waals surface area contributed by atoms with Crippen molar-refractivity contribution in [3.05, 3.63) is 35.8 Å². The molecule has 2 rings (SSSR count). The van der Waals surface area contributed by atoms with Crippen molar-refractivity contribution < 1.29 is 8.83 Å². The van der Waals surface area contributed by atoms with Crippen LogP contribution in [0.25, 0.3) is 0 Å². The molecule has 0 saturated heterocycles. The largest absolute Gasteiger partial charge is 0.457 e. The third kappa shape index (κ3) is 2.39. The molecule has 0 aromatic carbocycles. The van der Waals surface area contributed by atoms with Crippen LogP contribution in [0.4, 0.5) is 0 Å². The van der Waals surface area contributed by atoms with Crippen LogP contribution in [0, 0.1) is 13.8 Å². The SMILES string of the molecule is Cc1coc(SSc2cc(C)co2)c1. The van der Waals surface area contributed by atoms with Crippen LogP contribution < -0.4 is 0 Å². The van der Waals surface area contributed by atoms with Crippen molar-refractivity contribution >= 4 is 21.6 Å². The lowest BCUT2D eigenvalue weighted by Gasteiger charge is -1.91. The van der Waals surface area contributed by atoms with Crippen LogP contribution in [0.1, 0.15) is 11.1 Å². The lowest BCUT2D eigenvalue weighted by molar-refractivity contribution is 0.472. The van der Waals surface area contributed by atoms with Crippen LogP contribution in [-0.4, -0.2) is 0 Å². The first-order valence-electron chi connectivity index (χ1n) is 4.19. The summed E-state index contributed by atoms with van der Waals surface area (Å²) in [5.41, 5.74) is 2.28. The Hall–Kier alpha value is -0.740. The Bertz CT molecular complexity index is 377. The molecule has 2 aromatic heterocycles. The number of aryl methyl sites for hydroxylation is 2. The van der Waals surface area contributed by atoms with Gasteiger partial charge in [-0.25, -0.2) is 0 Å². The monoisotopic (exact) mass is 226 g/mol. The molecule has 2 nitrogen and oxygen atoms in total. The standard InChI is InChI=1S/C10H10O2S2/c1-7-3-9(11-5-7)13-14-10-4-8(2)6-12-10/h3-6H,1-2H3. The Kier molecular flexibility index (Phi) is 2.93. The minimum Gasteiger partial charge on any atom is -0.457 e. The van der Waals surface area contributed by atoms with E-state index in [9.17, 15) is 0 Å². The summed E-state index contributed by atoms with van der Waals surface area (Å²) < 4.78 is 10.6. The molecule has 0 aliphatic rings. The molecule has 0 fully saturated rings. The molecule has 0 bridgehead atoms. The average Bonchev–Trinajstić information content (AvgIpc) is 2.72. The second-order valence-corrected chi connectivity index (χ2v) is 5.19. The molecule has 0 N–H and O–H groups in total. The average molecular weight is 226 g/mol. The van der Waals surface area contributed by atoms with Gasteiger partial charge in [0.15, 0.2) is 10.2 Å². The van der Waals surface area contributed by atoms with Gasteiger partial charge in [-0.1, -0.05) is 0 Å². The van der Waals surface area contributed by atoms with Gasteiger partial charge in [0, 0.05) is 0 Å². The Morgan fingerprint density at radius 1 is 0.857 bits per heavy atom. The van der Waals surface area contributed by atoms with Gasteiger partial charge in [-0.05, 0) is 58.7 Å². The fourth-order valence-electron chi connectivity index (χ4n) is 0.979. The fraction of sp³-hybridized carbons (Fsp3) is 0.200. The molecule has 0 aliphatic carbocycles. The highest BCUT2D eigenvalue weighted by molar-refractivity contribution is 8.76. The molecule has 0 radical (unpaired) electrons. The summed E-state index contributed by atoms with van der Waals surface area (Å²) in [7, 11) is 3.13. The highest BCUT2D eigenvalue weighted by Gasteiger charge is 2.04. The van der Waals surface area contributed by atoms with Crippen LogP contribution in [0.15, 0.2) is 43.7 Å². The van der Waals surface area contributed by atoms with Crippen molar-refractivity contribution in [2.75, 3.05) is 0 Å². The van der Waals surface area contributed by atoms with Crippen molar-refractivity contribution in [2.45, 2.75) is 24.0 Å². The smallest absolute Gasteiger partial charge is 0.171 e. The zero-order chi connectivity index (χ0) is 9.97. The minimum absolute atomic E-state index is 0.904. The maximum atomic E-state index is 5.29. The van der Waals surface area contributed by atoms with Gasteiger partial charge in [-0.3, -0.25) is 0 Å². The number of furan rings is 2. The lowest BCUT2D eigenvalue weighted by atomic mass is 10.4. The first kappa shape index (κ1) is 9.80. The molecule has 0 unspecified atom stereocenters. The van der Waals surface area contributed by atoms with Crippen molar-refractivity contribution in [3.63, 3.8) is 0 Å². The van der Waals surface area contributed by atoms with Crippen LogP contribution in [-0.2, 0) is 0 Å². The summed E-state index contributed by atoms with van der Waals surface area (Å²) in [6, 6.07) is 4.01. The van der Waals surface area contributed by atoms with E-state index in [4.69, 9.17) is 8.83 Å². The molecule has 0 saturated carbocycles. The zero-order valence-corrected chi connectivity index (χ0v) is 9.58. The van der Waals surface area contributed by atoms with E-state index in [0.717, 1.165) is 21.3 Å². The molecule has 14 heavy (non-hydrogen) atoms. The quantitative estimate of drug-likeness (QED) is 0.729. The minimum atomic E-state index is 0.904. The molecule has 0 amide bonds. The predicted octanol–water partition coefficient (Wildman–Crippen LogP) is 4.29. The van der Waals surface area contributed by atoms with E-state index in [0.29, 0.717) is 0 Å². The molecule has 74 valence electrons. The Morgan fingerprint density at radius 2 is 1.29 bits per heavy atom. The summed E-state index contributed by atoms with van der Waals surface area (Å²) in [6.45, 7) is 4.02. The number of hydrogen-bond donors (Lipinski definition) is 0. The molecular weight excluding hydrogens is 216 g/mol. The van der Waals surface area contributed by atoms with Crippen LogP contribution in [0.5, 0.6) is 0 Å². The third-order valence-electron chi connectivity index (χ3n) is 1.62. The molecule has 0 aliphatic heterocycles. The van der Waals surface area contributed by atoms with Gasteiger partial charge in [-0.15, -0.1) is 0 Å². The highest BCUT2D eigenvalue weighted by atomic mass is 33.1. The van der Waals surface area contributed by atoms with Crippen molar-refractivity contribution in [2.24, 2.45) is 0 Å². The van der Waals surface area contributed by atoms with Crippen LogP contribution in [0.3, 0.4) is 0 Å². The summed E-state index contributed by atoms with van der Waals surface area (Å²) in [4.78, 5) is 0. The molecule has 0 spiro atoms. The molecule has 4 heteroatoms. The van der Waals surface area contributed by atoms with Crippen LogP contribution in [0.2, 0.25) is 0 Å². The van der Waals surface area contributed by atoms with E-state index in [2.05, 4.69) is 0 Å². The lowest BCUT2D eigenvalue weighted by Crippen LogP contribution is -1.59. The van der Waals surface area contributed by atoms with Crippen molar-refractivity contribution in [3.8, 4) is 0 Å². The van der Waals surface area contributed by atoms with E-state index < -0.39 is 0 Å². The summed E-state index contributed by atoms with van der Waals surface area (Å²) in [5, 5.41) is 1.81. The molecule has 2 heterocycles. The maximum absolute atomic E-state index is 5.29. The van der Waals surface area contributed by atoms with Gasteiger partial charge >= 0.3 is 0 Å². The van der Waals surface area contributed by atoms with E-state index in [-0.39, 0.29) is 0 Å². The topological polar surface area (TPSA) is 26.3 Å². The van der Waals surface area contributed by atoms with E-state index in [1.807, 2.05) is 26.0 Å². The first-order valence-corrected chi connectivity index (χ1v) is 6.34. The van der Waals surface area contributed by atoms with Crippen molar-refractivity contribution in [1.29, 1.82) is 0 Å². The van der Waals surface area contributed by atoms with E-state index >= 15 is 0 Å². The number of hydrogen-bond acceptors (Lipinski definition) is 4. The molecular formula is C10H10O2S2. The van der Waals surface area contributed by atoms with E-state index in [1.54, 1.807) is 34.1 Å². The second kappa shape index (κ2) is 4.19. The molecule has 2 aromatic rings. The Morgan fingerprint density at radius 3 is 1.57 bits per heavy atom. The van der Waals surface area contributed by atoms with Gasteiger partial charge in [0.05, 0.1) is 12.5 Å². The Balaban J connectivity index is 1.94. The molecule has 0 atom stereocenters. The first-order chi connectivity index (χ1) is 6.74. The van der Waals surface area contributed by atoms with Gasteiger partial charge < -0.3 is 8.83 Å². The summed E-state index contributed by atoms with van der Waals surface area (Å²) in [6.07, 6.45) is 3.49. The maximum Gasteiger partial charge on any atom is 0.171 e. The zero-order valence-electron chi connectivity index (χ0n) is 7.94. The fourth-order valence-corrected chi connectivity index (χ4v) is 2.80. The van der Waals surface area contributed by atoms with Crippen molar-refractivity contribution in [1.82, 2.24) is 0 Å². The highest BCUT2D eigenvalue weighted by Crippen LogP contribution is 2.38. The van der Waals surface area contributed by atoms with Gasteiger partial charge in [0.2, 0.25) is 0 Å². The van der Waals surface area contributed by atoms with Gasteiger partial charge in [0.1, 0.15) is 0 Å². The number of rotatable bonds is 3. The Labute approximate surface area is 90.5 Å².